The van der Waals surface area contributed by atoms with Crippen molar-refractivity contribution in [1.29, 1.82) is 0 Å². The molecule has 0 spiro atoms. The lowest BCUT2D eigenvalue weighted by molar-refractivity contribution is 0.127. The van der Waals surface area contributed by atoms with Gasteiger partial charge in [-0.3, -0.25) is 0 Å². The minimum atomic E-state index is -3.36. The van der Waals surface area contributed by atoms with Crippen molar-refractivity contribution in [2.45, 2.75) is 18.9 Å². The maximum Gasteiger partial charge on any atom is 0.235 e. The lowest BCUT2D eigenvalue weighted by Crippen LogP contribution is -2.15. The summed E-state index contributed by atoms with van der Waals surface area (Å²) in [6, 6.07) is 0. The van der Waals surface area contributed by atoms with Gasteiger partial charge in [-0.1, -0.05) is 0 Å². The molecule has 1 aliphatic heterocycles. The summed E-state index contributed by atoms with van der Waals surface area (Å²) >= 11 is 0. The average Bonchev–Trinajstić information content (AvgIpc) is 2.12. The highest BCUT2D eigenvalue weighted by Crippen LogP contribution is 2.15. The van der Waals surface area contributed by atoms with Gasteiger partial charge in [0.05, 0.1) is 11.9 Å². The minimum Gasteiger partial charge on any atom is -0.377 e. The fourth-order valence-corrected chi connectivity index (χ4v) is 2.13. The van der Waals surface area contributed by atoms with Crippen molar-refractivity contribution in [2.75, 3.05) is 12.4 Å². The van der Waals surface area contributed by atoms with Gasteiger partial charge in [0, 0.05) is 17.3 Å². The molecular formula is C5H9ClO3S. The van der Waals surface area contributed by atoms with Crippen LogP contribution in [0.2, 0.25) is 0 Å². The van der Waals surface area contributed by atoms with Crippen LogP contribution < -0.4 is 0 Å². The molecule has 0 saturated carbocycles. The maximum atomic E-state index is 10.5. The molecule has 0 amide bonds. The first-order valence-electron chi connectivity index (χ1n) is 3.12. The van der Waals surface area contributed by atoms with Gasteiger partial charge in [0.25, 0.3) is 0 Å². The van der Waals surface area contributed by atoms with E-state index in [0.29, 0.717) is 6.61 Å². The SMILES string of the molecule is O=S(=O)(Cl)CC1CCCO1. The first-order valence-corrected chi connectivity index (χ1v) is 5.60. The van der Waals surface area contributed by atoms with Crippen LogP contribution in [0, 0.1) is 0 Å². The molecule has 60 valence electrons. The maximum absolute atomic E-state index is 10.5. The van der Waals surface area contributed by atoms with Crippen molar-refractivity contribution in [2.24, 2.45) is 0 Å². The molecule has 0 radical (unpaired) electrons. The molecular weight excluding hydrogens is 176 g/mol. The number of rotatable bonds is 2. The van der Waals surface area contributed by atoms with E-state index < -0.39 is 9.05 Å². The molecule has 0 aromatic carbocycles. The van der Waals surface area contributed by atoms with E-state index in [1.54, 1.807) is 0 Å². The Hall–Kier alpha value is 0.200. The summed E-state index contributed by atoms with van der Waals surface area (Å²) in [5.41, 5.74) is 0. The first-order chi connectivity index (χ1) is 4.58. The van der Waals surface area contributed by atoms with Gasteiger partial charge in [0.1, 0.15) is 0 Å². The monoisotopic (exact) mass is 184 g/mol. The van der Waals surface area contributed by atoms with Crippen LogP contribution in [0.4, 0.5) is 0 Å². The molecule has 1 saturated heterocycles. The zero-order valence-corrected chi connectivity index (χ0v) is 6.99. The predicted octanol–water partition coefficient (Wildman–Crippen LogP) is 0.734. The molecule has 0 aliphatic carbocycles. The van der Waals surface area contributed by atoms with E-state index in [9.17, 15) is 8.42 Å². The molecule has 10 heavy (non-hydrogen) atoms. The number of halogens is 1. The zero-order chi connectivity index (χ0) is 7.61. The lowest BCUT2D eigenvalue weighted by Gasteiger charge is -2.04. The van der Waals surface area contributed by atoms with Gasteiger partial charge in [-0.25, -0.2) is 8.42 Å². The van der Waals surface area contributed by atoms with Gasteiger partial charge in [0.2, 0.25) is 9.05 Å². The van der Waals surface area contributed by atoms with E-state index in [-0.39, 0.29) is 11.9 Å². The van der Waals surface area contributed by atoms with E-state index in [1.165, 1.54) is 0 Å². The van der Waals surface area contributed by atoms with E-state index >= 15 is 0 Å². The first kappa shape index (κ1) is 8.30. The molecule has 1 fully saturated rings. The fraction of sp³-hybridized carbons (Fsp3) is 1.00. The van der Waals surface area contributed by atoms with E-state index in [2.05, 4.69) is 0 Å². The molecule has 1 aliphatic rings. The molecule has 0 aromatic rings. The molecule has 1 heterocycles. The van der Waals surface area contributed by atoms with Crippen molar-refractivity contribution < 1.29 is 13.2 Å². The Balaban J connectivity index is 2.38. The van der Waals surface area contributed by atoms with E-state index in [4.69, 9.17) is 15.4 Å². The largest absolute Gasteiger partial charge is 0.377 e. The summed E-state index contributed by atoms with van der Waals surface area (Å²) in [7, 11) is 1.65. The van der Waals surface area contributed by atoms with Gasteiger partial charge in [0.15, 0.2) is 0 Å². The third kappa shape index (κ3) is 2.86. The van der Waals surface area contributed by atoms with Crippen molar-refractivity contribution in [3.63, 3.8) is 0 Å². The lowest BCUT2D eigenvalue weighted by atomic mass is 10.3. The normalized spacial score (nSPS) is 27.1. The summed E-state index contributed by atoms with van der Waals surface area (Å²) in [6.07, 6.45) is 1.59. The van der Waals surface area contributed by atoms with Crippen molar-refractivity contribution >= 4 is 19.7 Å². The van der Waals surface area contributed by atoms with Gasteiger partial charge >= 0.3 is 0 Å². The van der Waals surface area contributed by atoms with Crippen LogP contribution in [0.5, 0.6) is 0 Å². The van der Waals surface area contributed by atoms with Crippen LogP contribution in [0.3, 0.4) is 0 Å². The molecule has 1 atom stereocenters. The standard InChI is InChI=1S/C5H9ClO3S/c6-10(7,8)4-5-2-1-3-9-5/h5H,1-4H2. The number of ether oxygens (including phenoxy) is 1. The summed E-state index contributed by atoms with van der Waals surface area (Å²) in [5, 5.41) is 0. The minimum absolute atomic E-state index is 0.0471. The Morgan fingerprint density at radius 1 is 1.60 bits per heavy atom. The van der Waals surface area contributed by atoms with Gasteiger partial charge in [-0.15, -0.1) is 0 Å². The molecule has 5 heteroatoms. The van der Waals surface area contributed by atoms with Crippen LogP contribution in [0.1, 0.15) is 12.8 Å². The number of hydrogen-bond donors (Lipinski definition) is 0. The molecule has 0 bridgehead atoms. The molecule has 1 rings (SSSR count). The molecule has 0 aromatic heterocycles. The second-order valence-electron chi connectivity index (χ2n) is 2.34. The molecule has 3 nitrogen and oxygen atoms in total. The highest BCUT2D eigenvalue weighted by atomic mass is 35.7. The van der Waals surface area contributed by atoms with Gasteiger partial charge in [-0.2, -0.15) is 0 Å². The van der Waals surface area contributed by atoms with Crippen LogP contribution in [0.25, 0.3) is 0 Å². The van der Waals surface area contributed by atoms with Crippen LogP contribution in [-0.4, -0.2) is 26.9 Å². The fourth-order valence-electron chi connectivity index (χ4n) is 0.998. The van der Waals surface area contributed by atoms with Gasteiger partial charge < -0.3 is 4.74 Å². The van der Waals surface area contributed by atoms with E-state index in [1.807, 2.05) is 0 Å². The second-order valence-corrected chi connectivity index (χ2v) is 5.16. The Morgan fingerprint density at radius 3 is 2.70 bits per heavy atom. The summed E-state index contributed by atoms with van der Waals surface area (Å²) < 4.78 is 26.0. The average molecular weight is 185 g/mol. The summed E-state index contributed by atoms with van der Waals surface area (Å²) in [5.74, 6) is -0.0471. The highest BCUT2D eigenvalue weighted by molar-refractivity contribution is 8.13. The third-order valence-electron chi connectivity index (χ3n) is 1.41. The van der Waals surface area contributed by atoms with Crippen molar-refractivity contribution in [3.05, 3.63) is 0 Å². The van der Waals surface area contributed by atoms with Crippen LogP contribution in [0.15, 0.2) is 0 Å². The van der Waals surface area contributed by atoms with E-state index in [0.717, 1.165) is 12.8 Å². The number of hydrogen-bond acceptors (Lipinski definition) is 3. The Kier molecular flexibility index (Phi) is 2.55. The van der Waals surface area contributed by atoms with Crippen molar-refractivity contribution in [1.82, 2.24) is 0 Å². The second kappa shape index (κ2) is 3.07. The van der Waals surface area contributed by atoms with Gasteiger partial charge in [-0.05, 0) is 12.8 Å². The van der Waals surface area contributed by atoms with Crippen LogP contribution >= 0.6 is 10.7 Å². The summed E-state index contributed by atoms with van der Waals surface area (Å²) in [4.78, 5) is 0. The quantitative estimate of drug-likeness (QED) is 0.595. The Morgan fingerprint density at radius 2 is 2.30 bits per heavy atom. The molecule has 0 N–H and O–H groups in total. The topological polar surface area (TPSA) is 43.4 Å². The Labute approximate surface area is 64.7 Å². The summed E-state index contributed by atoms with van der Waals surface area (Å²) in [6.45, 7) is 0.664. The smallest absolute Gasteiger partial charge is 0.235 e. The van der Waals surface area contributed by atoms with Crippen molar-refractivity contribution in [3.8, 4) is 0 Å². The Bertz CT molecular complexity index is 193. The van der Waals surface area contributed by atoms with Crippen LogP contribution in [-0.2, 0) is 13.8 Å². The third-order valence-corrected chi connectivity index (χ3v) is 2.56. The molecule has 1 unspecified atom stereocenters. The highest BCUT2D eigenvalue weighted by Gasteiger charge is 2.21. The predicted molar refractivity (Wildman–Crippen MR) is 38.6 cm³/mol. The zero-order valence-electron chi connectivity index (χ0n) is 5.42.